The Morgan fingerprint density at radius 2 is 1.88 bits per heavy atom. The summed E-state index contributed by atoms with van der Waals surface area (Å²) in [7, 11) is 0. The zero-order chi connectivity index (χ0) is 17.0. The topological polar surface area (TPSA) is 55.0 Å². The van der Waals surface area contributed by atoms with Crippen molar-refractivity contribution in [3.8, 4) is 11.4 Å². The van der Waals surface area contributed by atoms with Crippen LogP contribution in [0.3, 0.4) is 0 Å². The lowest BCUT2D eigenvalue weighted by atomic mass is 10.0. The molecule has 2 saturated heterocycles. The standard InChI is InChI=1S/C20H22N4S/c1-12-3-2-4-13(9-12)19-22-18(21)17-10-16(25-20(17)23-19)11-24-14-5-6-15(24)8-7-14/h2-4,9-10,14-15H,5-8,11H2,1H3,(H2,21,22,23). The minimum Gasteiger partial charge on any atom is -0.383 e. The number of hydrogen-bond acceptors (Lipinski definition) is 5. The number of thiophene rings is 1. The molecule has 0 unspecified atom stereocenters. The normalized spacial score (nSPS) is 22.9. The Morgan fingerprint density at radius 3 is 2.60 bits per heavy atom. The number of benzene rings is 1. The number of fused-ring (bicyclic) bond motifs is 3. The van der Waals surface area contributed by atoms with Crippen molar-refractivity contribution in [3.05, 3.63) is 40.8 Å². The van der Waals surface area contributed by atoms with Crippen LogP contribution in [0.2, 0.25) is 0 Å². The predicted octanol–water partition coefficient (Wildman–Crippen LogP) is 4.38. The molecule has 5 heteroatoms. The lowest BCUT2D eigenvalue weighted by molar-refractivity contribution is 0.246. The third kappa shape index (κ3) is 2.62. The monoisotopic (exact) mass is 350 g/mol. The summed E-state index contributed by atoms with van der Waals surface area (Å²) in [5.41, 5.74) is 8.50. The summed E-state index contributed by atoms with van der Waals surface area (Å²) in [6, 6.07) is 12.1. The van der Waals surface area contributed by atoms with Crippen LogP contribution in [-0.4, -0.2) is 27.0 Å². The van der Waals surface area contributed by atoms with Crippen LogP contribution in [0, 0.1) is 6.92 Å². The van der Waals surface area contributed by atoms with Crippen LogP contribution in [0.4, 0.5) is 5.82 Å². The minimum absolute atomic E-state index is 0.591. The van der Waals surface area contributed by atoms with Crippen LogP contribution in [0.15, 0.2) is 30.3 Å². The summed E-state index contributed by atoms with van der Waals surface area (Å²) in [6.07, 6.45) is 5.48. The van der Waals surface area contributed by atoms with E-state index in [0.717, 1.165) is 40.2 Å². The van der Waals surface area contributed by atoms with Gasteiger partial charge in [-0.25, -0.2) is 9.97 Å². The zero-order valence-electron chi connectivity index (χ0n) is 14.4. The van der Waals surface area contributed by atoms with Crippen LogP contribution in [0.1, 0.15) is 36.1 Å². The van der Waals surface area contributed by atoms with Crippen molar-refractivity contribution < 1.29 is 0 Å². The summed E-state index contributed by atoms with van der Waals surface area (Å²) in [5, 5.41) is 1.00. The molecule has 0 radical (unpaired) electrons. The first-order chi connectivity index (χ1) is 12.2. The van der Waals surface area contributed by atoms with Crippen LogP contribution in [0.25, 0.3) is 21.6 Å². The Bertz CT molecular complexity index is 928. The van der Waals surface area contributed by atoms with Gasteiger partial charge in [-0.05, 0) is 44.7 Å². The van der Waals surface area contributed by atoms with Gasteiger partial charge in [0.1, 0.15) is 10.6 Å². The molecule has 0 atom stereocenters. The molecule has 2 aliphatic rings. The summed E-state index contributed by atoms with van der Waals surface area (Å²) in [6.45, 7) is 3.12. The second-order valence-corrected chi connectivity index (χ2v) is 8.48. The van der Waals surface area contributed by atoms with Gasteiger partial charge in [-0.3, -0.25) is 4.90 Å². The van der Waals surface area contributed by atoms with Crippen LogP contribution in [-0.2, 0) is 6.54 Å². The number of nitrogen functional groups attached to an aromatic ring is 1. The summed E-state index contributed by atoms with van der Waals surface area (Å²) >= 11 is 1.77. The largest absolute Gasteiger partial charge is 0.383 e. The Balaban J connectivity index is 1.50. The van der Waals surface area contributed by atoms with Gasteiger partial charge in [-0.15, -0.1) is 11.3 Å². The molecule has 2 bridgehead atoms. The SMILES string of the molecule is Cc1cccc(-c2nc(N)c3cc(CN4C5CCC4CC5)sc3n2)c1. The first kappa shape index (κ1) is 15.3. The van der Waals surface area contributed by atoms with Crippen molar-refractivity contribution in [2.75, 3.05) is 5.73 Å². The Morgan fingerprint density at radius 1 is 1.12 bits per heavy atom. The summed E-state index contributed by atoms with van der Waals surface area (Å²) < 4.78 is 0. The van der Waals surface area contributed by atoms with Gasteiger partial charge in [0, 0.05) is 29.1 Å². The number of nitrogens with zero attached hydrogens (tertiary/aromatic N) is 3. The molecule has 0 spiro atoms. The lowest BCUT2D eigenvalue weighted by Crippen LogP contribution is -2.27. The second-order valence-electron chi connectivity index (χ2n) is 7.37. The Labute approximate surface area is 151 Å². The minimum atomic E-state index is 0.591. The average molecular weight is 350 g/mol. The maximum Gasteiger partial charge on any atom is 0.163 e. The van der Waals surface area contributed by atoms with E-state index in [1.54, 1.807) is 11.3 Å². The van der Waals surface area contributed by atoms with Gasteiger partial charge in [-0.2, -0.15) is 0 Å². The summed E-state index contributed by atoms with van der Waals surface area (Å²) in [4.78, 5) is 14.4. The van der Waals surface area contributed by atoms with Gasteiger partial charge in [0.2, 0.25) is 0 Å². The van der Waals surface area contributed by atoms with E-state index in [0.29, 0.717) is 5.82 Å². The number of aryl methyl sites for hydroxylation is 1. The molecule has 4 nitrogen and oxygen atoms in total. The molecule has 5 rings (SSSR count). The predicted molar refractivity (Wildman–Crippen MR) is 104 cm³/mol. The maximum atomic E-state index is 6.26. The molecule has 0 amide bonds. The first-order valence-corrected chi connectivity index (χ1v) is 9.88. The van der Waals surface area contributed by atoms with Crippen molar-refractivity contribution >= 4 is 27.4 Å². The lowest BCUT2D eigenvalue weighted by Gasteiger charge is -2.20. The third-order valence-electron chi connectivity index (χ3n) is 5.69. The molecule has 3 aromatic rings. The molecule has 4 heterocycles. The van der Waals surface area contributed by atoms with Crippen molar-refractivity contribution in [1.29, 1.82) is 0 Å². The van der Waals surface area contributed by atoms with E-state index in [4.69, 9.17) is 10.7 Å². The first-order valence-electron chi connectivity index (χ1n) is 9.06. The highest BCUT2D eigenvalue weighted by Crippen LogP contribution is 2.40. The average Bonchev–Trinajstić information content (AvgIpc) is 3.30. The molecule has 0 saturated carbocycles. The van der Waals surface area contributed by atoms with E-state index in [2.05, 4.69) is 35.0 Å². The highest BCUT2D eigenvalue weighted by atomic mass is 32.1. The fourth-order valence-electron chi connectivity index (χ4n) is 4.44. The number of anilines is 1. The van der Waals surface area contributed by atoms with E-state index in [-0.39, 0.29) is 0 Å². The van der Waals surface area contributed by atoms with Gasteiger partial charge in [0.15, 0.2) is 5.82 Å². The van der Waals surface area contributed by atoms with Crippen molar-refractivity contribution in [2.45, 2.75) is 51.2 Å². The fourth-order valence-corrected chi connectivity index (χ4v) is 5.49. The Hall–Kier alpha value is -1.98. The number of nitrogens with two attached hydrogens (primary N) is 1. The van der Waals surface area contributed by atoms with E-state index < -0.39 is 0 Å². The second kappa shape index (κ2) is 5.78. The smallest absolute Gasteiger partial charge is 0.163 e. The van der Waals surface area contributed by atoms with Gasteiger partial charge in [-0.1, -0.05) is 23.8 Å². The molecule has 0 aliphatic carbocycles. The molecule has 25 heavy (non-hydrogen) atoms. The highest BCUT2D eigenvalue weighted by molar-refractivity contribution is 7.18. The number of aromatic nitrogens is 2. The van der Waals surface area contributed by atoms with Gasteiger partial charge in [0.25, 0.3) is 0 Å². The third-order valence-corrected chi connectivity index (χ3v) is 6.71. The molecular formula is C20H22N4S. The quantitative estimate of drug-likeness (QED) is 0.762. The molecule has 1 aromatic carbocycles. The molecule has 2 aromatic heterocycles. The van der Waals surface area contributed by atoms with E-state index in [1.807, 2.05) is 12.1 Å². The Kier molecular flexibility index (Phi) is 3.54. The van der Waals surface area contributed by atoms with Gasteiger partial charge < -0.3 is 5.73 Å². The van der Waals surface area contributed by atoms with Crippen molar-refractivity contribution in [3.63, 3.8) is 0 Å². The van der Waals surface area contributed by atoms with E-state index in [1.165, 1.54) is 36.1 Å². The van der Waals surface area contributed by atoms with Crippen LogP contribution < -0.4 is 5.73 Å². The summed E-state index contributed by atoms with van der Waals surface area (Å²) in [5.74, 6) is 1.32. The zero-order valence-corrected chi connectivity index (χ0v) is 15.2. The fraction of sp³-hybridized carbons (Fsp3) is 0.400. The van der Waals surface area contributed by atoms with Crippen molar-refractivity contribution in [1.82, 2.24) is 14.9 Å². The number of hydrogen-bond donors (Lipinski definition) is 1. The van der Waals surface area contributed by atoms with E-state index in [9.17, 15) is 0 Å². The molecular weight excluding hydrogens is 328 g/mol. The molecule has 2 aliphatic heterocycles. The van der Waals surface area contributed by atoms with Gasteiger partial charge >= 0.3 is 0 Å². The maximum absolute atomic E-state index is 6.26. The highest BCUT2D eigenvalue weighted by Gasteiger charge is 2.39. The molecule has 128 valence electrons. The van der Waals surface area contributed by atoms with E-state index >= 15 is 0 Å². The van der Waals surface area contributed by atoms with Crippen LogP contribution in [0.5, 0.6) is 0 Å². The van der Waals surface area contributed by atoms with Gasteiger partial charge in [0.05, 0.1) is 5.39 Å². The molecule has 2 fully saturated rings. The van der Waals surface area contributed by atoms with Crippen molar-refractivity contribution in [2.24, 2.45) is 0 Å². The van der Waals surface area contributed by atoms with Crippen LogP contribution >= 0.6 is 11.3 Å². The molecule has 2 N–H and O–H groups in total. The number of rotatable bonds is 3.